The van der Waals surface area contributed by atoms with Crippen molar-refractivity contribution in [3.05, 3.63) is 53.4 Å². The van der Waals surface area contributed by atoms with E-state index in [1.165, 1.54) is 0 Å². The van der Waals surface area contributed by atoms with Gasteiger partial charge < -0.3 is 19.1 Å². The van der Waals surface area contributed by atoms with Crippen molar-refractivity contribution < 1.29 is 14.1 Å². The normalized spacial score (nSPS) is 17.5. The second-order valence-corrected chi connectivity index (χ2v) is 7.35. The van der Waals surface area contributed by atoms with E-state index in [1.807, 2.05) is 13.8 Å². The van der Waals surface area contributed by atoms with Gasteiger partial charge in [0.25, 0.3) is 0 Å². The molecule has 1 aliphatic heterocycles. The van der Waals surface area contributed by atoms with Crippen LogP contribution in [0.2, 0.25) is 0 Å². The molecule has 2 aromatic carbocycles. The van der Waals surface area contributed by atoms with Gasteiger partial charge in [-0.25, -0.2) is 0 Å². The van der Waals surface area contributed by atoms with Gasteiger partial charge in [-0.05, 0) is 43.2 Å². The van der Waals surface area contributed by atoms with Crippen molar-refractivity contribution >= 4 is 28.2 Å². The fourth-order valence-electron chi connectivity index (χ4n) is 4.14. The molecule has 4 aromatic rings. The maximum atomic E-state index is 11.1. The van der Waals surface area contributed by atoms with Crippen LogP contribution in [-0.4, -0.2) is 41.1 Å². The predicted molar refractivity (Wildman–Crippen MR) is 107 cm³/mol. The molecule has 3 heterocycles. The highest BCUT2D eigenvalue weighted by Crippen LogP contribution is 2.34. The Labute approximate surface area is 162 Å². The Morgan fingerprint density at radius 2 is 2.04 bits per heavy atom. The number of hydrogen-bond donors (Lipinski definition) is 1. The van der Waals surface area contributed by atoms with Crippen molar-refractivity contribution in [2.45, 2.75) is 20.0 Å². The number of ether oxygens (including phenoxy) is 1. The summed E-state index contributed by atoms with van der Waals surface area (Å²) >= 11 is 0. The molecule has 1 unspecified atom stereocenters. The fourth-order valence-corrected chi connectivity index (χ4v) is 4.14. The smallest absolute Gasteiger partial charge is 0.209 e. The average Bonchev–Trinajstić information content (AvgIpc) is 3.26. The molecule has 0 radical (unpaired) electrons. The molecule has 6 nitrogen and oxygen atoms in total. The van der Waals surface area contributed by atoms with E-state index >= 15 is 0 Å². The van der Waals surface area contributed by atoms with Gasteiger partial charge >= 0.3 is 0 Å². The number of nitrogens with zero attached hydrogens (tertiary/aromatic N) is 2. The van der Waals surface area contributed by atoms with Crippen molar-refractivity contribution in [3.8, 4) is 11.1 Å². The van der Waals surface area contributed by atoms with Gasteiger partial charge in [-0.3, -0.25) is 4.79 Å². The third kappa shape index (κ3) is 2.68. The van der Waals surface area contributed by atoms with E-state index in [0.717, 1.165) is 56.4 Å². The monoisotopic (exact) mass is 375 g/mol. The summed E-state index contributed by atoms with van der Waals surface area (Å²) in [6.45, 7) is 5.70. The lowest BCUT2D eigenvalue weighted by molar-refractivity contribution is -0.125. The van der Waals surface area contributed by atoms with E-state index in [9.17, 15) is 4.79 Å². The lowest BCUT2D eigenvalue weighted by Gasteiger charge is -2.30. The maximum Gasteiger partial charge on any atom is 0.209 e. The quantitative estimate of drug-likeness (QED) is 0.547. The number of nitrogens with one attached hydrogen (secondary N) is 1. The van der Waals surface area contributed by atoms with E-state index in [2.05, 4.69) is 46.5 Å². The number of aromatic amines is 1. The molecule has 0 bridgehead atoms. The van der Waals surface area contributed by atoms with Gasteiger partial charge in [0, 0.05) is 33.9 Å². The first-order chi connectivity index (χ1) is 13.6. The molecule has 0 spiro atoms. The molecule has 1 saturated heterocycles. The lowest BCUT2D eigenvalue weighted by Crippen LogP contribution is -2.37. The predicted octanol–water partition coefficient (Wildman–Crippen LogP) is 4.12. The third-order valence-corrected chi connectivity index (χ3v) is 5.56. The zero-order valence-electron chi connectivity index (χ0n) is 15.9. The number of H-pyrrole nitrogens is 1. The number of fused-ring (bicyclic) bond motifs is 3. The molecule has 1 aliphatic rings. The maximum absolute atomic E-state index is 11.1. The molecular weight excluding hydrogens is 354 g/mol. The molecule has 5 rings (SSSR count). The van der Waals surface area contributed by atoms with Gasteiger partial charge in [-0.15, -0.1) is 0 Å². The molecule has 6 heteroatoms. The van der Waals surface area contributed by atoms with Gasteiger partial charge in [0.05, 0.1) is 18.8 Å². The van der Waals surface area contributed by atoms with Crippen molar-refractivity contribution in [2.24, 2.45) is 0 Å². The molecule has 1 amide bonds. The van der Waals surface area contributed by atoms with Crippen LogP contribution in [-0.2, 0) is 9.53 Å². The van der Waals surface area contributed by atoms with Gasteiger partial charge in [0.2, 0.25) is 6.41 Å². The van der Waals surface area contributed by atoms with Crippen molar-refractivity contribution in [2.75, 3.05) is 19.7 Å². The summed E-state index contributed by atoms with van der Waals surface area (Å²) in [5.74, 6) is 0.824. The molecule has 0 saturated carbocycles. The van der Waals surface area contributed by atoms with Gasteiger partial charge in [-0.1, -0.05) is 23.4 Å². The highest BCUT2D eigenvalue weighted by Gasteiger charge is 2.21. The van der Waals surface area contributed by atoms with Crippen LogP contribution < -0.4 is 0 Å². The number of carbonyl (C=O) groups is 1. The molecule has 142 valence electrons. The van der Waals surface area contributed by atoms with Gasteiger partial charge in [0.1, 0.15) is 11.9 Å². The Bertz CT molecular complexity index is 1170. The fraction of sp³-hybridized carbons (Fsp3) is 0.273. The first-order valence-electron chi connectivity index (χ1n) is 9.43. The molecule has 28 heavy (non-hydrogen) atoms. The minimum absolute atomic E-state index is 0.0881. The third-order valence-electron chi connectivity index (χ3n) is 5.56. The first-order valence-corrected chi connectivity index (χ1v) is 9.43. The van der Waals surface area contributed by atoms with Crippen LogP contribution in [0.3, 0.4) is 0 Å². The molecule has 1 fully saturated rings. The first kappa shape index (κ1) is 17.0. The van der Waals surface area contributed by atoms with E-state index in [0.29, 0.717) is 19.7 Å². The van der Waals surface area contributed by atoms with Crippen LogP contribution in [0.15, 0.2) is 40.9 Å². The minimum Gasteiger partial charge on any atom is -0.370 e. The highest BCUT2D eigenvalue weighted by atomic mass is 16.5. The largest absolute Gasteiger partial charge is 0.370 e. The molecule has 0 aliphatic carbocycles. The Hall–Kier alpha value is -3.12. The zero-order valence-corrected chi connectivity index (χ0v) is 15.9. The van der Waals surface area contributed by atoms with E-state index in [4.69, 9.17) is 9.26 Å². The second-order valence-electron chi connectivity index (χ2n) is 7.35. The Kier molecular flexibility index (Phi) is 3.94. The van der Waals surface area contributed by atoms with Crippen LogP contribution in [0.1, 0.15) is 23.1 Å². The number of benzene rings is 2. The van der Waals surface area contributed by atoms with E-state index < -0.39 is 0 Å². The van der Waals surface area contributed by atoms with Crippen LogP contribution in [0.5, 0.6) is 0 Å². The SMILES string of the molecule is Cc1noc(C)c1-c1ccc2c(c1)[nH]c1ccc(C3CN(C=O)CCO3)cc12. The van der Waals surface area contributed by atoms with Crippen LogP contribution in [0.4, 0.5) is 0 Å². The van der Waals surface area contributed by atoms with Gasteiger partial charge in [0.15, 0.2) is 0 Å². The number of aromatic nitrogens is 2. The highest BCUT2D eigenvalue weighted by molar-refractivity contribution is 6.08. The van der Waals surface area contributed by atoms with Crippen LogP contribution in [0, 0.1) is 13.8 Å². The summed E-state index contributed by atoms with van der Waals surface area (Å²) in [7, 11) is 0. The second kappa shape index (κ2) is 6.49. The minimum atomic E-state index is -0.0881. The summed E-state index contributed by atoms with van der Waals surface area (Å²) in [6, 6.07) is 12.7. The topological polar surface area (TPSA) is 71.4 Å². The number of rotatable bonds is 3. The lowest BCUT2D eigenvalue weighted by atomic mass is 10.0. The zero-order chi connectivity index (χ0) is 19.3. The Morgan fingerprint density at radius 3 is 2.82 bits per heavy atom. The van der Waals surface area contributed by atoms with E-state index in [-0.39, 0.29) is 6.10 Å². The number of amides is 1. The standard InChI is InChI=1S/C22H21N3O3/c1-13-22(14(2)28-24-13)16-3-5-17-18-9-15(4-6-19(18)23-20(17)10-16)21-11-25(12-26)7-8-27-21/h3-6,9-10,12,21,23H,7-8,11H2,1-2H3. The average molecular weight is 375 g/mol. The molecule has 2 aromatic heterocycles. The molecule has 1 atom stereocenters. The molecule has 1 N–H and O–H groups in total. The summed E-state index contributed by atoms with van der Waals surface area (Å²) < 4.78 is 11.2. The van der Waals surface area contributed by atoms with Crippen molar-refractivity contribution in [3.63, 3.8) is 0 Å². The summed E-state index contributed by atoms with van der Waals surface area (Å²) in [4.78, 5) is 16.4. The van der Waals surface area contributed by atoms with Crippen molar-refractivity contribution in [1.82, 2.24) is 15.0 Å². The summed E-state index contributed by atoms with van der Waals surface area (Å²) in [5.41, 5.74) is 6.28. The number of carbonyl (C=O) groups excluding carboxylic acids is 1. The Balaban J connectivity index is 1.58. The number of hydrogen-bond acceptors (Lipinski definition) is 4. The summed E-state index contributed by atoms with van der Waals surface area (Å²) in [5, 5.41) is 6.38. The molecular formula is C22H21N3O3. The van der Waals surface area contributed by atoms with Crippen LogP contribution >= 0.6 is 0 Å². The van der Waals surface area contributed by atoms with Crippen molar-refractivity contribution in [1.29, 1.82) is 0 Å². The van der Waals surface area contributed by atoms with E-state index in [1.54, 1.807) is 4.90 Å². The van der Waals surface area contributed by atoms with Gasteiger partial charge in [-0.2, -0.15) is 0 Å². The van der Waals surface area contributed by atoms with Crippen LogP contribution in [0.25, 0.3) is 32.9 Å². The number of morpholine rings is 1. The number of aryl methyl sites for hydroxylation is 2. The summed E-state index contributed by atoms with van der Waals surface area (Å²) in [6.07, 6.45) is 0.811. The Morgan fingerprint density at radius 1 is 1.14 bits per heavy atom.